The van der Waals surface area contributed by atoms with Crippen molar-refractivity contribution in [2.75, 3.05) is 6.54 Å². The summed E-state index contributed by atoms with van der Waals surface area (Å²) in [6.45, 7) is 5.25. The van der Waals surface area contributed by atoms with Gasteiger partial charge in [0.15, 0.2) is 0 Å². The van der Waals surface area contributed by atoms with E-state index in [4.69, 9.17) is 0 Å². The molecule has 1 atom stereocenters. The van der Waals surface area contributed by atoms with Crippen LogP contribution in [0.3, 0.4) is 0 Å². The van der Waals surface area contributed by atoms with Gasteiger partial charge in [-0.3, -0.25) is 0 Å². The Labute approximate surface area is 136 Å². The molecule has 21 heavy (non-hydrogen) atoms. The topological polar surface area (TPSA) is 12.0 Å². The quantitative estimate of drug-likeness (QED) is 0.675. The summed E-state index contributed by atoms with van der Waals surface area (Å²) in [5.41, 5.74) is 0.824. The van der Waals surface area contributed by atoms with E-state index in [1.165, 1.54) is 38.5 Å². The maximum absolute atomic E-state index is 14.2. The molecule has 1 aliphatic carbocycles. The smallest absolute Gasteiger partial charge is 0.128 e. The fourth-order valence-corrected chi connectivity index (χ4v) is 4.10. The second kappa shape index (κ2) is 8.28. The van der Waals surface area contributed by atoms with Gasteiger partial charge < -0.3 is 5.32 Å². The summed E-state index contributed by atoms with van der Waals surface area (Å²) in [5, 5.41) is 3.52. The average molecular weight is 356 g/mol. The number of hydrogen-bond donors (Lipinski definition) is 1. The Morgan fingerprint density at radius 2 is 1.95 bits per heavy atom. The first kappa shape index (κ1) is 17.0. The molecular weight excluding hydrogens is 329 g/mol. The van der Waals surface area contributed by atoms with Crippen LogP contribution in [0.1, 0.15) is 64.0 Å². The molecule has 1 nitrogen and oxygen atoms in total. The first-order valence-electron chi connectivity index (χ1n) is 8.34. The maximum atomic E-state index is 14.2. The fraction of sp³-hybridized carbons (Fsp3) is 0.667. The van der Waals surface area contributed by atoms with Gasteiger partial charge in [-0.25, -0.2) is 4.39 Å². The lowest BCUT2D eigenvalue weighted by Crippen LogP contribution is -2.31. The van der Waals surface area contributed by atoms with Gasteiger partial charge in [-0.05, 0) is 49.4 Å². The Morgan fingerprint density at radius 1 is 1.24 bits per heavy atom. The molecule has 0 heterocycles. The Bertz CT molecular complexity index is 441. The molecule has 1 saturated carbocycles. The summed E-state index contributed by atoms with van der Waals surface area (Å²) in [6.07, 6.45) is 7.67. The minimum atomic E-state index is -0.0835. The highest BCUT2D eigenvalue weighted by Gasteiger charge is 2.29. The molecule has 1 fully saturated rings. The highest BCUT2D eigenvalue weighted by atomic mass is 79.9. The van der Waals surface area contributed by atoms with Crippen LogP contribution in [0.15, 0.2) is 22.7 Å². The van der Waals surface area contributed by atoms with Gasteiger partial charge in [0.2, 0.25) is 0 Å². The van der Waals surface area contributed by atoms with Gasteiger partial charge in [-0.15, -0.1) is 0 Å². The van der Waals surface area contributed by atoms with E-state index in [9.17, 15) is 4.39 Å². The number of rotatable bonds is 6. The van der Waals surface area contributed by atoms with E-state index < -0.39 is 0 Å². The van der Waals surface area contributed by atoms with Crippen molar-refractivity contribution in [3.05, 3.63) is 34.1 Å². The van der Waals surface area contributed by atoms with Gasteiger partial charge in [0.25, 0.3) is 0 Å². The lowest BCUT2D eigenvalue weighted by atomic mass is 9.75. The fourth-order valence-electron chi connectivity index (χ4n) is 3.72. The van der Waals surface area contributed by atoms with E-state index in [2.05, 4.69) is 35.1 Å². The molecule has 118 valence electrons. The van der Waals surface area contributed by atoms with E-state index in [0.717, 1.165) is 22.5 Å². The lowest BCUT2D eigenvalue weighted by Gasteiger charge is -2.35. The van der Waals surface area contributed by atoms with Crippen LogP contribution in [0.25, 0.3) is 0 Å². The molecule has 1 N–H and O–H groups in total. The molecule has 1 aromatic rings. The van der Waals surface area contributed by atoms with Crippen LogP contribution in [0, 0.1) is 17.7 Å². The van der Waals surface area contributed by atoms with Gasteiger partial charge >= 0.3 is 0 Å². The van der Waals surface area contributed by atoms with Crippen LogP contribution in [0.5, 0.6) is 0 Å². The van der Waals surface area contributed by atoms with Gasteiger partial charge in [0.05, 0.1) is 0 Å². The Kier molecular flexibility index (Phi) is 6.69. The van der Waals surface area contributed by atoms with Gasteiger partial charge in [-0.2, -0.15) is 0 Å². The molecule has 0 aromatic heterocycles. The Morgan fingerprint density at radius 3 is 2.57 bits per heavy atom. The molecule has 1 aromatic carbocycles. The molecule has 0 bridgehead atoms. The molecule has 1 aliphatic rings. The van der Waals surface area contributed by atoms with Crippen molar-refractivity contribution in [2.24, 2.45) is 11.8 Å². The minimum Gasteiger partial charge on any atom is -0.310 e. The van der Waals surface area contributed by atoms with E-state index in [1.54, 1.807) is 12.1 Å². The van der Waals surface area contributed by atoms with E-state index in [-0.39, 0.29) is 11.9 Å². The van der Waals surface area contributed by atoms with Gasteiger partial charge in [-0.1, -0.05) is 55.5 Å². The molecule has 0 amide bonds. The van der Waals surface area contributed by atoms with Crippen LogP contribution in [-0.4, -0.2) is 6.54 Å². The second-order valence-corrected chi connectivity index (χ2v) is 7.19. The third-order valence-corrected chi connectivity index (χ3v) is 5.27. The number of hydrogen-bond acceptors (Lipinski definition) is 1. The van der Waals surface area contributed by atoms with Crippen LogP contribution in [0.4, 0.5) is 4.39 Å². The zero-order chi connectivity index (χ0) is 15.2. The average Bonchev–Trinajstić information content (AvgIpc) is 2.49. The molecule has 2 rings (SSSR count). The monoisotopic (exact) mass is 355 g/mol. The van der Waals surface area contributed by atoms with E-state index in [0.29, 0.717) is 5.92 Å². The van der Waals surface area contributed by atoms with Gasteiger partial charge in [0, 0.05) is 16.1 Å². The molecule has 0 spiro atoms. The molecule has 0 radical (unpaired) electrons. The maximum Gasteiger partial charge on any atom is 0.128 e. The zero-order valence-corrected chi connectivity index (χ0v) is 14.8. The number of halogens is 2. The second-order valence-electron chi connectivity index (χ2n) is 6.27. The summed E-state index contributed by atoms with van der Waals surface area (Å²) in [7, 11) is 0. The summed E-state index contributed by atoms with van der Waals surface area (Å²) in [4.78, 5) is 0. The highest BCUT2D eigenvalue weighted by molar-refractivity contribution is 9.10. The normalized spacial score (nSPS) is 24.0. The minimum absolute atomic E-state index is 0.0835. The van der Waals surface area contributed by atoms with Crippen molar-refractivity contribution in [1.82, 2.24) is 5.32 Å². The molecule has 0 saturated heterocycles. The number of nitrogens with one attached hydrogen (secondary N) is 1. The Hall–Kier alpha value is -0.410. The van der Waals surface area contributed by atoms with Crippen molar-refractivity contribution >= 4 is 15.9 Å². The van der Waals surface area contributed by atoms with Crippen LogP contribution >= 0.6 is 15.9 Å². The summed E-state index contributed by atoms with van der Waals surface area (Å²) in [5.74, 6) is 1.36. The molecule has 0 aliphatic heterocycles. The predicted octanol–water partition coefficient (Wildman–Crippen LogP) is 5.85. The largest absolute Gasteiger partial charge is 0.310 e. The van der Waals surface area contributed by atoms with Gasteiger partial charge in [0.1, 0.15) is 5.82 Å². The van der Waals surface area contributed by atoms with Crippen molar-refractivity contribution in [1.29, 1.82) is 0 Å². The molecular formula is C18H27BrFN. The Balaban J connectivity index is 2.11. The standard InChI is InChI=1S/C18H27BrFN/c1-3-5-13-6-8-14(9-7-13)18(21-4-2)16-12-15(19)10-11-17(16)20/h10-14,18,21H,3-9H2,1-2H3. The van der Waals surface area contributed by atoms with Crippen LogP contribution in [-0.2, 0) is 0 Å². The van der Waals surface area contributed by atoms with Crippen LogP contribution < -0.4 is 5.32 Å². The van der Waals surface area contributed by atoms with E-state index in [1.807, 2.05) is 6.07 Å². The zero-order valence-electron chi connectivity index (χ0n) is 13.2. The van der Waals surface area contributed by atoms with Crippen molar-refractivity contribution in [3.63, 3.8) is 0 Å². The van der Waals surface area contributed by atoms with Crippen LogP contribution in [0.2, 0.25) is 0 Å². The first-order chi connectivity index (χ1) is 10.2. The first-order valence-corrected chi connectivity index (χ1v) is 9.13. The summed E-state index contributed by atoms with van der Waals surface area (Å²) >= 11 is 3.48. The number of benzene rings is 1. The highest BCUT2D eigenvalue weighted by Crippen LogP contribution is 2.39. The molecule has 3 heteroatoms. The summed E-state index contributed by atoms with van der Waals surface area (Å²) < 4.78 is 15.2. The summed E-state index contributed by atoms with van der Waals surface area (Å²) in [6, 6.07) is 5.45. The third kappa shape index (κ3) is 4.53. The van der Waals surface area contributed by atoms with Crippen molar-refractivity contribution in [3.8, 4) is 0 Å². The predicted molar refractivity (Wildman–Crippen MR) is 90.9 cm³/mol. The van der Waals surface area contributed by atoms with Crippen molar-refractivity contribution in [2.45, 2.75) is 58.4 Å². The lowest BCUT2D eigenvalue weighted by molar-refractivity contribution is 0.213. The van der Waals surface area contributed by atoms with Crippen molar-refractivity contribution < 1.29 is 4.39 Å². The van der Waals surface area contributed by atoms with E-state index >= 15 is 0 Å². The SMILES string of the molecule is CCCC1CCC(C(NCC)c2cc(Br)ccc2F)CC1. The third-order valence-electron chi connectivity index (χ3n) is 4.78. The molecule has 1 unspecified atom stereocenters.